The third-order valence-corrected chi connectivity index (χ3v) is 5.04. The van der Waals surface area contributed by atoms with E-state index < -0.39 is 0 Å². The van der Waals surface area contributed by atoms with Crippen LogP contribution in [0.4, 0.5) is 4.39 Å². The summed E-state index contributed by atoms with van der Waals surface area (Å²) in [7, 11) is 0. The molecule has 4 heteroatoms. The Morgan fingerprint density at radius 3 is 2.47 bits per heavy atom. The molecule has 0 saturated heterocycles. The van der Waals surface area contributed by atoms with Crippen LogP contribution in [0.3, 0.4) is 0 Å². The number of nitrogens with two attached hydrogens (primary N) is 1. The fourth-order valence-corrected chi connectivity index (χ4v) is 3.25. The van der Waals surface area contributed by atoms with Crippen LogP contribution in [0, 0.1) is 5.82 Å². The Bertz CT molecular complexity index is 393. The Kier molecular flexibility index (Phi) is 4.11. The number of benzene rings is 1. The molecule has 17 heavy (non-hydrogen) atoms. The van der Waals surface area contributed by atoms with Crippen molar-refractivity contribution in [3.63, 3.8) is 0 Å². The van der Waals surface area contributed by atoms with Gasteiger partial charge in [-0.2, -0.15) is 0 Å². The third kappa shape index (κ3) is 2.51. The summed E-state index contributed by atoms with van der Waals surface area (Å²) in [5.74, 6) is -0.366. The summed E-state index contributed by atoms with van der Waals surface area (Å²) in [5.41, 5.74) is 6.85. The highest BCUT2D eigenvalue weighted by molar-refractivity contribution is 9.10. The average Bonchev–Trinajstić information content (AvgIpc) is 2.36. The molecule has 1 aromatic carbocycles. The van der Waals surface area contributed by atoms with Crippen LogP contribution in [0.2, 0.25) is 5.02 Å². The van der Waals surface area contributed by atoms with E-state index in [4.69, 9.17) is 17.3 Å². The van der Waals surface area contributed by atoms with Crippen molar-refractivity contribution in [1.82, 2.24) is 0 Å². The number of rotatable bonds is 2. The smallest absolute Gasteiger partial charge is 0.143 e. The highest BCUT2D eigenvalue weighted by atomic mass is 79.9. The van der Waals surface area contributed by atoms with E-state index in [0.717, 1.165) is 18.4 Å². The SMILES string of the molecule is NCC1(c2cc(F)c(Cl)c(Br)c2)CCCCC1. The van der Waals surface area contributed by atoms with Crippen LogP contribution in [0.5, 0.6) is 0 Å². The standard InChI is InChI=1S/C13H16BrClFN/c14-10-6-9(7-11(16)12(10)15)13(8-17)4-2-1-3-5-13/h6-7H,1-5,8,17H2. The van der Waals surface area contributed by atoms with Gasteiger partial charge in [0, 0.05) is 16.4 Å². The predicted octanol–water partition coefficient (Wildman–Crippen LogP) is 4.40. The van der Waals surface area contributed by atoms with Gasteiger partial charge in [0.2, 0.25) is 0 Å². The second kappa shape index (κ2) is 5.25. The van der Waals surface area contributed by atoms with Gasteiger partial charge in [0.1, 0.15) is 5.82 Å². The van der Waals surface area contributed by atoms with E-state index in [1.165, 1.54) is 19.3 Å². The maximum Gasteiger partial charge on any atom is 0.143 e. The summed E-state index contributed by atoms with van der Waals surface area (Å²) < 4.78 is 14.3. The Hall–Kier alpha value is -0.120. The molecular weight excluding hydrogens is 305 g/mol. The van der Waals surface area contributed by atoms with Crippen molar-refractivity contribution in [3.8, 4) is 0 Å². The number of hydrogen-bond acceptors (Lipinski definition) is 1. The van der Waals surface area contributed by atoms with Gasteiger partial charge in [0.15, 0.2) is 0 Å². The zero-order valence-corrected chi connectivity index (χ0v) is 12.0. The molecule has 1 saturated carbocycles. The number of halogens is 3. The molecule has 0 atom stereocenters. The second-order valence-corrected chi connectivity index (χ2v) is 6.03. The van der Waals surface area contributed by atoms with E-state index >= 15 is 0 Å². The lowest BCUT2D eigenvalue weighted by Gasteiger charge is -2.37. The maximum atomic E-state index is 13.7. The maximum absolute atomic E-state index is 13.7. The minimum Gasteiger partial charge on any atom is -0.330 e. The van der Waals surface area contributed by atoms with Gasteiger partial charge in [-0.25, -0.2) is 4.39 Å². The van der Waals surface area contributed by atoms with Crippen molar-refractivity contribution in [2.45, 2.75) is 37.5 Å². The van der Waals surface area contributed by atoms with Gasteiger partial charge >= 0.3 is 0 Å². The van der Waals surface area contributed by atoms with Gasteiger partial charge in [-0.05, 0) is 46.5 Å². The van der Waals surface area contributed by atoms with Crippen LogP contribution >= 0.6 is 27.5 Å². The molecule has 0 bridgehead atoms. The molecule has 2 N–H and O–H groups in total. The van der Waals surface area contributed by atoms with E-state index in [-0.39, 0.29) is 16.3 Å². The predicted molar refractivity (Wildman–Crippen MR) is 72.9 cm³/mol. The van der Waals surface area contributed by atoms with Gasteiger partial charge in [-0.1, -0.05) is 30.9 Å². The molecule has 0 radical (unpaired) electrons. The van der Waals surface area contributed by atoms with Crippen LogP contribution in [0.25, 0.3) is 0 Å². The molecule has 0 aliphatic heterocycles. The average molecular weight is 321 g/mol. The summed E-state index contributed by atoms with van der Waals surface area (Å²) in [4.78, 5) is 0. The highest BCUT2D eigenvalue weighted by Gasteiger charge is 2.33. The van der Waals surface area contributed by atoms with Crippen molar-refractivity contribution in [2.75, 3.05) is 6.54 Å². The monoisotopic (exact) mass is 319 g/mol. The Morgan fingerprint density at radius 2 is 1.94 bits per heavy atom. The summed E-state index contributed by atoms with van der Waals surface area (Å²) in [6.45, 7) is 0.570. The first-order valence-electron chi connectivity index (χ1n) is 5.94. The third-order valence-electron chi connectivity index (χ3n) is 3.80. The molecular formula is C13H16BrClFN. The van der Waals surface area contributed by atoms with E-state index in [1.54, 1.807) is 6.07 Å². The van der Waals surface area contributed by atoms with Crippen molar-refractivity contribution in [3.05, 3.63) is 33.0 Å². The quantitative estimate of drug-likeness (QED) is 0.803. The van der Waals surface area contributed by atoms with Gasteiger partial charge in [-0.15, -0.1) is 0 Å². The molecule has 1 aliphatic carbocycles. The fraction of sp³-hybridized carbons (Fsp3) is 0.538. The highest BCUT2D eigenvalue weighted by Crippen LogP contribution is 2.41. The van der Waals surface area contributed by atoms with Crippen molar-refractivity contribution in [2.24, 2.45) is 5.73 Å². The zero-order valence-electron chi connectivity index (χ0n) is 9.61. The molecule has 2 rings (SSSR count). The summed E-state index contributed by atoms with van der Waals surface area (Å²) >= 11 is 9.13. The van der Waals surface area contributed by atoms with Crippen LogP contribution in [-0.4, -0.2) is 6.54 Å². The van der Waals surface area contributed by atoms with Crippen molar-refractivity contribution >= 4 is 27.5 Å². The fourth-order valence-electron chi connectivity index (χ4n) is 2.70. The first-order chi connectivity index (χ1) is 8.09. The molecule has 0 amide bonds. The van der Waals surface area contributed by atoms with Gasteiger partial charge in [-0.3, -0.25) is 0 Å². The molecule has 0 spiro atoms. The molecule has 1 fully saturated rings. The van der Waals surface area contributed by atoms with Gasteiger partial charge < -0.3 is 5.73 Å². The normalized spacial score (nSPS) is 19.3. The lowest BCUT2D eigenvalue weighted by Crippen LogP contribution is -2.37. The van der Waals surface area contributed by atoms with E-state index in [9.17, 15) is 4.39 Å². The topological polar surface area (TPSA) is 26.0 Å². The van der Waals surface area contributed by atoms with Crippen LogP contribution < -0.4 is 5.73 Å². The molecule has 0 heterocycles. The Morgan fingerprint density at radius 1 is 1.29 bits per heavy atom. The van der Waals surface area contributed by atoms with Crippen LogP contribution in [-0.2, 0) is 5.41 Å². The molecule has 94 valence electrons. The van der Waals surface area contributed by atoms with Crippen molar-refractivity contribution < 1.29 is 4.39 Å². The summed E-state index contributed by atoms with van der Waals surface area (Å²) in [6, 6.07) is 3.47. The minimum absolute atomic E-state index is 0.0633. The first-order valence-corrected chi connectivity index (χ1v) is 7.11. The Labute approximate surface area is 115 Å². The molecule has 0 aromatic heterocycles. The molecule has 1 aromatic rings. The van der Waals surface area contributed by atoms with Crippen molar-refractivity contribution in [1.29, 1.82) is 0 Å². The Balaban J connectivity index is 2.43. The minimum atomic E-state index is -0.366. The van der Waals surface area contributed by atoms with E-state index in [0.29, 0.717) is 11.0 Å². The first kappa shape index (κ1) is 13.3. The van der Waals surface area contributed by atoms with Crippen LogP contribution in [0.1, 0.15) is 37.7 Å². The number of hydrogen-bond donors (Lipinski definition) is 1. The van der Waals surface area contributed by atoms with Gasteiger partial charge in [0.05, 0.1) is 5.02 Å². The van der Waals surface area contributed by atoms with E-state index in [2.05, 4.69) is 15.9 Å². The molecule has 1 nitrogen and oxygen atoms in total. The second-order valence-electron chi connectivity index (χ2n) is 4.80. The molecule has 0 unspecified atom stereocenters. The molecule has 1 aliphatic rings. The van der Waals surface area contributed by atoms with Crippen LogP contribution in [0.15, 0.2) is 16.6 Å². The lowest BCUT2D eigenvalue weighted by molar-refractivity contribution is 0.300. The summed E-state index contributed by atoms with van der Waals surface area (Å²) in [6.07, 6.45) is 5.66. The van der Waals surface area contributed by atoms with E-state index in [1.807, 2.05) is 6.07 Å². The lowest BCUT2D eigenvalue weighted by atomic mass is 9.69. The zero-order chi connectivity index (χ0) is 12.5. The van der Waals surface area contributed by atoms with Gasteiger partial charge in [0.25, 0.3) is 0 Å². The largest absolute Gasteiger partial charge is 0.330 e. The summed E-state index contributed by atoms with van der Waals surface area (Å²) in [5, 5.41) is 0.150.